The minimum absolute atomic E-state index is 0.0597. The maximum atomic E-state index is 14.8. The molecule has 1 rings (SSSR count). The van der Waals surface area contributed by atoms with E-state index in [0.717, 1.165) is 0 Å². The van der Waals surface area contributed by atoms with Crippen LogP contribution in [-0.4, -0.2) is 86.8 Å². The topological polar surface area (TPSA) is 65.0 Å². The Kier molecular flexibility index (Phi) is 16.1. The predicted octanol–water partition coefficient (Wildman–Crippen LogP) is 11.6. The van der Waals surface area contributed by atoms with E-state index in [1.807, 2.05) is 0 Å². The van der Waals surface area contributed by atoms with Gasteiger partial charge in [0.15, 0.2) is 8.32 Å². The highest BCUT2D eigenvalue weighted by Gasteiger charge is 2.95. The largest absolute Gasteiger partial charge is 0.491 e. The third-order valence-electron chi connectivity index (χ3n) is 9.28. The number of ether oxygens (including phenoxy) is 2. The van der Waals surface area contributed by atoms with E-state index in [4.69, 9.17) is 13.9 Å². The number of carbonyl (C=O) groups excluding carboxylic acids is 1. The van der Waals surface area contributed by atoms with Gasteiger partial charge in [-0.05, 0) is 62.0 Å². The zero-order chi connectivity index (χ0) is 44.3. The lowest BCUT2D eigenvalue weighted by Gasteiger charge is -2.44. The number of aliphatic hydroxyl groups is 1. The summed E-state index contributed by atoms with van der Waals surface area (Å²) in [5.41, 5.74) is -0.467. The summed E-state index contributed by atoms with van der Waals surface area (Å²) in [6, 6.07) is 4.40. The van der Waals surface area contributed by atoms with Crippen molar-refractivity contribution in [2.45, 2.75) is 132 Å². The first-order valence-corrected chi connectivity index (χ1v) is 18.8. The molecule has 0 heterocycles. The number of halogens is 17. The lowest BCUT2D eigenvalue weighted by molar-refractivity contribution is -0.461. The van der Waals surface area contributed by atoms with E-state index >= 15 is 0 Å². The molecule has 0 saturated heterocycles. The summed E-state index contributed by atoms with van der Waals surface area (Å²) in [4.78, 5) is 11.9. The smallest absolute Gasteiger partial charge is 0.460 e. The molecule has 0 amide bonds. The van der Waals surface area contributed by atoms with Crippen LogP contribution in [0, 0.1) is 0 Å². The molecule has 0 bridgehead atoms. The molecule has 0 spiro atoms. The van der Waals surface area contributed by atoms with Gasteiger partial charge in [-0.3, -0.25) is 0 Å². The lowest BCUT2D eigenvalue weighted by Crippen LogP contribution is -2.74. The zero-order valence-corrected chi connectivity index (χ0v) is 31.8. The molecule has 1 N–H and O–H groups in total. The fourth-order valence-corrected chi connectivity index (χ4v) is 9.97. The molecule has 1 aromatic carbocycles. The number of carbonyl (C=O) groups is 1. The fourth-order valence-electron chi connectivity index (χ4n) is 5.51. The van der Waals surface area contributed by atoms with E-state index in [1.165, 1.54) is 58.9 Å². The Bertz CT molecular complexity index is 1490. The molecule has 5 nitrogen and oxygen atoms in total. The Hall–Kier alpha value is -2.82. The van der Waals surface area contributed by atoms with Crippen LogP contribution in [0.1, 0.15) is 73.0 Å². The zero-order valence-electron chi connectivity index (χ0n) is 30.8. The number of rotatable bonds is 21. The van der Waals surface area contributed by atoms with Crippen molar-refractivity contribution in [1.29, 1.82) is 0 Å². The molecule has 1 aromatic rings. The van der Waals surface area contributed by atoms with Crippen molar-refractivity contribution >= 4 is 14.3 Å². The van der Waals surface area contributed by atoms with Crippen LogP contribution in [0.2, 0.25) is 17.1 Å². The lowest BCUT2D eigenvalue weighted by atomic mass is 9.88. The first kappa shape index (κ1) is 51.2. The van der Waals surface area contributed by atoms with Gasteiger partial charge in [0.2, 0.25) is 0 Å². The maximum Gasteiger partial charge on any atom is 0.460 e. The Morgan fingerprint density at radius 2 is 1.11 bits per heavy atom. The monoisotopic (exact) mass is 868 g/mol. The Morgan fingerprint density at radius 1 is 0.679 bits per heavy atom. The summed E-state index contributed by atoms with van der Waals surface area (Å²) in [7, 11) is -3.95. The highest BCUT2D eigenvalue weighted by atomic mass is 28.4. The van der Waals surface area contributed by atoms with Crippen LogP contribution in [0.4, 0.5) is 74.6 Å². The van der Waals surface area contributed by atoms with Gasteiger partial charge in [0.05, 0.1) is 19.3 Å². The highest BCUT2D eigenvalue weighted by Crippen LogP contribution is 2.64. The van der Waals surface area contributed by atoms with Crippen molar-refractivity contribution in [2.24, 2.45) is 0 Å². The Balaban J connectivity index is 3.22. The second kappa shape index (κ2) is 17.6. The number of esters is 1. The number of hydrogen-bond donors (Lipinski definition) is 1. The molecule has 0 aliphatic rings. The maximum absolute atomic E-state index is 14.8. The number of hydrogen-bond acceptors (Lipinski definition) is 5. The van der Waals surface area contributed by atoms with Gasteiger partial charge in [-0.2, -0.15) is 74.6 Å². The Morgan fingerprint density at radius 3 is 1.52 bits per heavy atom. The van der Waals surface area contributed by atoms with Crippen LogP contribution in [0.25, 0.3) is 0 Å². The van der Waals surface area contributed by atoms with Gasteiger partial charge in [0, 0.05) is 12.0 Å². The minimum Gasteiger partial charge on any atom is -0.491 e. The third-order valence-corrected chi connectivity index (χ3v) is 15.0. The van der Waals surface area contributed by atoms with Crippen LogP contribution < -0.4 is 4.74 Å². The van der Waals surface area contributed by atoms with Gasteiger partial charge in [-0.1, -0.05) is 45.4 Å². The average molecular weight is 869 g/mol. The normalized spacial score (nSPS) is 15.6. The summed E-state index contributed by atoms with van der Waals surface area (Å²) >= 11 is 0. The van der Waals surface area contributed by atoms with Crippen LogP contribution in [0.5, 0.6) is 5.75 Å². The van der Waals surface area contributed by atoms with Gasteiger partial charge in [-0.25, -0.2) is 4.79 Å². The third kappa shape index (κ3) is 9.55. The molecule has 0 aliphatic heterocycles. The Labute approximate surface area is 311 Å². The molecule has 0 unspecified atom stereocenters. The first-order chi connectivity index (χ1) is 25.0. The predicted molar refractivity (Wildman–Crippen MR) is 169 cm³/mol. The summed E-state index contributed by atoms with van der Waals surface area (Å²) in [5, 5.41) is 10.6. The van der Waals surface area contributed by atoms with Gasteiger partial charge in [0.25, 0.3) is 0 Å². The number of benzene rings is 1. The summed E-state index contributed by atoms with van der Waals surface area (Å²) in [6.45, 7) is 9.34. The van der Waals surface area contributed by atoms with Crippen molar-refractivity contribution in [2.75, 3.05) is 19.8 Å². The van der Waals surface area contributed by atoms with Gasteiger partial charge in [-0.15, -0.1) is 0 Å². The van der Waals surface area contributed by atoms with Crippen molar-refractivity contribution in [1.82, 2.24) is 0 Å². The van der Waals surface area contributed by atoms with E-state index in [9.17, 15) is 84.5 Å². The molecule has 326 valence electrons. The van der Waals surface area contributed by atoms with E-state index < -0.39 is 98.2 Å². The number of aliphatic hydroxyl groups excluding tert-OH is 1. The molecular weight excluding hydrogens is 827 g/mol. The van der Waals surface area contributed by atoms with E-state index in [1.54, 1.807) is 13.8 Å². The van der Waals surface area contributed by atoms with E-state index in [0.29, 0.717) is 16.7 Å². The number of alkyl halides is 17. The van der Waals surface area contributed by atoms with Crippen molar-refractivity contribution in [3.8, 4) is 5.75 Å². The van der Waals surface area contributed by atoms with Crippen LogP contribution >= 0.6 is 0 Å². The minimum atomic E-state index is -8.68. The molecule has 1 atom stereocenters. The van der Waals surface area contributed by atoms with E-state index in [-0.39, 0.29) is 25.4 Å². The summed E-state index contributed by atoms with van der Waals surface area (Å²) in [5.74, 6) is -57.1. The SMILES string of the molecule is CCOC(=O)/C(C)=C(\C)C[C@H](O)c1ccc(OCCO[Si](CCC(F)(F)C(F)(F)C(F)(F)C(F)(F)C(F)(F)C(F)(F)C(F)(F)C(F)(F)F)(C(C)C)C(C)C)cc1. The van der Waals surface area contributed by atoms with Crippen LogP contribution in [0.15, 0.2) is 35.4 Å². The summed E-state index contributed by atoms with van der Waals surface area (Å²) < 4.78 is 250. The van der Waals surface area contributed by atoms with Crippen molar-refractivity contribution in [3.63, 3.8) is 0 Å². The van der Waals surface area contributed by atoms with E-state index in [2.05, 4.69) is 0 Å². The molecule has 0 saturated carbocycles. The average Bonchev–Trinajstić information content (AvgIpc) is 3.06. The van der Waals surface area contributed by atoms with Crippen molar-refractivity contribution in [3.05, 3.63) is 41.0 Å². The molecule has 0 aliphatic carbocycles. The second-order valence-electron chi connectivity index (χ2n) is 13.5. The fraction of sp³-hybridized carbons (Fsp3) is 0.727. The molecule has 0 aromatic heterocycles. The van der Waals surface area contributed by atoms with Gasteiger partial charge < -0.3 is 19.0 Å². The second-order valence-corrected chi connectivity index (χ2v) is 18.5. The van der Waals surface area contributed by atoms with Gasteiger partial charge >= 0.3 is 53.6 Å². The standard InChI is InChI=1S/C33H41F17O5Si/c1-8-53-25(52)21(7)20(6)17-24(51)22-9-11-23(12-10-22)54-14-15-55-56(18(2)3,19(4)5)16-13-26(34,35)27(36,37)28(38,39)29(40,41)30(42,43)31(44,45)32(46,47)33(48,49)50/h9-12,18-19,24,51H,8,13-17H2,1-7H3/b21-20+/t24-/m0/s1. The quantitative estimate of drug-likeness (QED) is 0.0438. The highest BCUT2D eigenvalue weighted by molar-refractivity contribution is 6.76. The molecule has 0 fully saturated rings. The molecule has 56 heavy (non-hydrogen) atoms. The van der Waals surface area contributed by atoms with Gasteiger partial charge in [0.1, 0.15) is 12.4 Å². The summed E-state index contributed by atoms with van der Waals surface area (Å²) in [6.07, 6.45) is -11.4. The van der Waals surface area contributed by atoms with Crippen molar-refractivity contribution < 1.29 is 98.4 Å². The molecule has 0 radical (unpaired) electrons. The van der Waals surface area contributed by atoms with Crippen LogP contribution in [-0.2, 0) is 14.0 Å². The first-order valence-electron chi connectivity index (χ1n) is 16.6. The molecule has 23 heteroatoms. The molecular formula is C33H41F17O5Si. The van der Waals surface area contributed by atoms with Crippen LogP contribution in [0.3, 0.4) is 0 Å².